The zero-order chi connectivity index (χ0) is 14.7. The van der Waals surface area contributed by atoms with Gasteiger partial charge in [-0.2, -0.15) is 0 Å². The summed E-state index contributed by atoms with van der Waals surface area (Å²) >= 11 is 6.09. The van der Waals surface area contributed by atoms with E-state index in [2.05, 4.69) is 20.8 Å². The van der Waals surface area contributed by atoms with Gasteiger partial charge < -0.3 is 5.32 Å². The number of benzene rings is 1. The molecule has 21 heavy (non-hydrogen) atoms. The van der Waals surface area contributed by atoms with E-state index in [0.717, 1.165) is 31.2 Å². The van der Waals surface area contributed by atoms with E-state index in [1.165, 1.54) is 11.0 Å². The van der Waals surface area contributed by atoms with Crippen molar-refractivity contribution in [3.05, 3.63) is 41.2 Å². The Morgan fingerprint density at radius 2 is 2.19 bits per heavy atom. The van der Waals surface area contributed by atoms with Crippen LogP contribution in [0.1, 0.15) is 31.2 Å². The van der Waals surface area contributed by atoms with E-state index in [1.807, 2.05) is 24.3 Å². The van der Waals surface area contributed by atoms with Crippen LogP contribution >= 0.6 is 11.6 Å². The number of hydrogen-bond donors (Lipinski definition) is 1. The molecule has 1 N–H and O–H groups in total. The van der Waals surface area contributed by atoms with Crippen LogP contribution in [0.3, 0.4) is 0 Å². The zero-order valence-electron chi connectivity index (χ0n) is 11.5. The molecule has 1 aliphatic carbocycles. The first kappa shape index (κ1) is 14.0. The van der Waals surface area contributed by atoms with Crippen molar-refractivity contribution in [1.29, 1.82) is 0 Å². The fraction of sp³-hybridized carbons (Fsp3) is 0.429. The molecule has 1 saturated carbocycles. The Bertz CT molecular complexity index is 622. The molecular formula is C14H16ClN5O. The molecule has 0 unspecified atom stereocenters. The van der Waals surface area contributed by atoms with Gasteiger partial charge in [-0.25, -0.2) is 4.68 Å². The number of amides is 1. The van der Waals surface area contributed by atoms with Crippen molar-refractivity contribution in [2.45, 2.75) is 37.8 Å². The summed E-state index contributed by atoms with van der Waals surface area (Å²) in [5.41, 5.74) is 0.744. The Morgan fingerprint density at radius 1 is 1.38 bits per heavy atom. The Balaban J connectivity index is 1.79. The van der Waals surface area contributed by atoms with Crippen molar-refractivity contribution in [2.75, 3.05) is 0 Å². The summed E-state index contributed by atoms with van der Waals surface area (Å²) in [7, 11) is 0. The maximum absolute atomic E-state index is 12.3. The minimum atomic E-state index is -0.323. The number of nitrogens with one attached hydrogen (secondary N) is 1. The Hall–Kier alpha value is -1.95. The van der Waals surface area contributed by atoms with Crippen molar-refractivity contribution in [3.63, 3.8) is 0 Å². The molecule has 1 amide bonds. The molecule has 0 spiro atoms. The first-order valence-corrected chi connectivity index (χ1v) is 7.34. The quantitative estimate of drug-likeness (QED) is 0.936. The molecule has 1 aromatic heterocycles. The van der Waals surface area contributed by atoms with E-state index in [9.17, 15) is 4.79 Å². The van der Waals surface area contributed by atoms with Crippen LogP contribution in [0.25, 0.3) is 0 Å². The fourth-order valence-electron chi connectivity index (χ4n) is 2.96. The van der Waals surface area contributed by atoms with Crippen LogP contribution in [0.2, 0.25) is 5.02 Å². The Morgan fingerprint density at radius 3 is 2.86 bits per heavy atom. The number of nitrogens with zero attached hydrogens (tertiary/aromatic N) is 4. The standard InChI is InChI=1S/C14H16ClN5O/c15-12-5-3-4-11(8-12)14(6-1-2-7-14)17-13(21)9-20-10-16-18-19-20/h3-5,8,10H,1-2,6-7,9H2,(H,17,21). The van der Waals surface area contributed by atoms with E-state index in [0.29, 0.717) is 5.02 Å². The van der Waals surface area contributed by atoms with Crippen molar-refractivity contribution in [2.24, 2.45) is 0 Å². The van der Waals surface area contributed by atoms with Crippen molar-refractivity contribution < 1.29 is 4.79 Å². The van der Waals surface area contributed by atoms with Gasteiger partial charge in [-0.05, 0) is 41.0 Å². The molecule has 7 heteroatoms. The van der Waals surface area contributed by atoms with Crippen LogP contribution in [0.5, 0.6) is 0 Å². The lowest BCUT2D eigenvalue weighted by Crippen LogP contribution is -2.45. The number of carbonyl (C=O) groups is 1. The number of tetrazole rings is 1. The average Bonchev–Trinajstić information content (AvgIpc) is 3.11. The van der Waals surface area contributed by atoms with Gasteiger partial charge in [0.05, 0.1) is 5.54 Å². The lowest BCUT2D eigenvalue weighted by atomic mass is 9.88. The molecule has 2 aromatic rings. The summed E-state index contributed by atoms with van der Waals surface area (Å²) in [6, 6.07) is 7.72. The maximum Gasteiger partial charge on any atom is 0.242 e. The largest absolute Gasteiger partial charge is 0.345 e. The highest BCUT2D eigenvalue weighted by Gasteiger charge is 2.37. The molecule has 6 nitrogen and oxygen atoms in total. The predicted octanol–water partition coefficient (Wildman–Crippen LogP) is 1.91. The number of halogens is 1. The molecule has 1 aromatic carbocycles. The Labute approximate surface area is 127 Å². The molecule has 0 atom stereocenters. The first-order valence-electron chi connectivity index (χ1n) is 6.96. The lowest BCUT2D eigenvalue weighted by Gasteiger charge is -2.31. The molecule has 0 radical (unpaired) electrons. The fourth-order valence-corrected chi connectivity index (χ4v) is 3.15. The summed E-state index contributed by atoms with van der Waals surface area (Å²) in [6.45, 7) is 0.120. The number of rotatable bonds is 4. The third-order valence-corrected chi connectivity index (χ3v) is 4.15. The molecule has 0 bridgehead atoms. The van der Waals surface area contributed by atoms with Crippen LogP contribution in [-0.2, 0) is 16.9 Å². The highest BCUT2D eigenvalue weighted by Crippen LogP contribution is 2.39. The van der Waals surface area contributed by atoms with Crippen LogP contribution in [-0.4, -0.2) is 26.1 Å². The smallest absolute Gasteiger partial charge is 0.242 e. The van der Waals surface area contributed by atoms with Gasteiger partial charge in [0, 0.05) is 5.02 Å². The summed E-state index contributed by atoms with van der Waals surface area (Å²) in [5, 5.41) is 14.6. The van der Waals surface area contributed by atoms with Crippen LogP contribution in [0, 0.1) is 0 Å². The van der Waals surface area contributed by atoms with Crippen molar-refractivity contribution in [1.82, 2.24) is 25.5 Å². The molecule has 0 aliphatic heterocycles. The van der Waals surface area contributed by atoms with Crippen LogP contribution in [0.4, 0.5) is 0 Å². The average molecular weight is 306 g/mol. The highest BCUT2D eigenvalue weighted by atomic mass is 35.5. The van der Waals surface area contributed by atoms with E-state index >= 15 is 0 Å². The third kappa shape index (κ3) is 3.05. The normalized spacial score (nSPS) is 16.8. The number of carbonyl (C=O) groups excluding carboxylic acids is 1. The monoisotopic (exact) mass is 305 g/mol. The molecule has 1 aliphatic rings. The number of hydrogen-bond acceptors (Lipinski definition) is 4. The van der Waals surface area contributed by atoms with Gasteiger partial charge >= 0.3 is 0 Å². The van der Waals surface area contributed by atoms with Crippen LogP contribution < -0.4 is 5.32 Å². The van der Waals surface area contributed by atoms with E-state index in [1.54, 1.807) is 0 Å². The molecule has 110 valence electrons. The van der Waals surface area contributed by atoms with E-state index < -0.39 is 0 Å². The van der Waals surface area contributed by atoms with Gasteiger partial charge in [-0.3, -0.25) is 4.79 Å². The van der Waals surface area contributed by atoms with Crippen molar-refractivity contribution in [3.8, 4) is 0 Å². The van der Waals surface area contributed by atoms with Gasteiger partial charge in [0.15, 0.2) is 0 Å². The van der Waals surface area contributed by atoms with Gasteiger partial charge in [-0.1, -0.05) is 36.6 Å². The zero-order valence-corrected chi connectivity index (χ0v) is 12.3. The molecule has 0 saturated heterocycles. The second-order valence-corrected chi connectivity index (χ2v) is 5.79. The second-order valence-electron chi connectivity index (χ2n) is 5.36. The third-order valence-electron chi connectivity index (χ3n) is 3.91. The predicted molar refractivity (Wildman–Crippen MR) is 77.6 cm³/mol. The van der Waals surface area contributed by atoms with E-state index in [4.69, 9.17) is 11.6 Å². The van der Waals surface area contributed by atoms with Gasteiger partial charge in [0.25, 0.3) is 0 Å². The second kappa shape index (κ2) is 5.81. The highest BCUT2D eigenvalue weighted by molar-refractivity contribution is 6.30. The van der Waals surface area contributed by atoms with Gasteiger partial charge in [0.2, 0.25) is 5.91 Å². The molecule has 1 heterocycles. The summed E-state index contributed by atoms with van der Waals surface area (Å²) in [4.78, 5) is 12.3. The number of aromatic nitrogens is 4. The maximum atomic E-state index is 12.3. The van der Waals surface area contributed by atoms with Gasteiger partial charge in [-0.15, -0.1) is 5.10 Å². The first-order chi connectivity index (χ1) is 10.2. The molecular weight excluding hydrogens is 290 g/mol. The summed E-state index contributed by atoms with van der Waals surface area (Å²) in [5.74, 6) is -0.0934. The molecule has 3 rings (SSSR count). The molecule has 1 fully saturated rings. The SMILES string of the molecule is O=C(Cn1cnnn1)NC1(c2cccc(Cl)c2)CCCC1. The lowest BCUT2D eigenvalue weighted by molar-refractivity contribution is -0.124. The van der Waals surface area contributed by atoms with Crippen molar-refractivity contribution >= 4 is 17.5 Å². The summed E-state index contributed by atoms with van der Waals surface area (Å²) in [6.07, 6.45) is 5.47. The van der Waals surface area contributed by atoms with Crippen LogP contribution in [0.15, 0.2) is 30.6 Å². The minimum absolute atomic E-state index is 0.0934. The van der Waals surface area contributed by atoms with Gasteiger partial charge in [0.1, 0.15) is 12.9 Å². The minimum Gasteiger partial charge on any atom is -0.345 e. The topological polar surface area (TPSA) is 72.7 Å². The van der Waals surface area contributed by atoms with E-state index in [-0.39, 0.29) is 18.0 Å². The summed E-state index contributed by atoms with van der Waals surface area (Å²) < 4.78 is 1.41. The Kier molecular flexibility index (Phi) is 3.88.